The van der Waals surface area contributed by atoms with Gasteiger partial charge in [0, 0.05) is 43.3 Å². The third kappa shape index (κ3) is 5.68. The standard InChI is InChI=1S/C28H30FN7O3/c1-18-12-21(6-4-20(18)15-34(2)17-26(38)35-10-8-30-25(37)16-35)33-27-28-32-14-23(36(28)11-9-31-27)19-5-7-24(39-3)22(29)13-19/h4-7,9,11-14H,8,10,15-17H2,1-3H3,(H,30,37)(H,31,33). The van der Waals surface area contributed by atoms with Gasteiger partial charge in [-0.2, -0.15) is 0 Å². The summed E-state index contributed by atoms with van der Waals surface area (Å²) in [6.45, 7) is 3.98. The lowest BCUT2D eigenvalue weighted by atomic mass is 10.1. The first kappa shape index (κ1) is 26.1. The predicted octanol–water partition coefficient (Wildman–Crippen LogP) is 2.99. The van der Waals surface area contributed by atoms with Crippen LogP contribution in [0.15, 0.2) is 55.0 Å². The molecular formula is C28H30FN7O3. The molecule has 5 rings (SSSR count). The number of carbonyl (C=O) groups is 2. The number of likely N-dealkylation sites (N-methyl/N-ethyl adjacent to an activating group) is 1. The van der Waals surface area contributed by atoms with Crippen LogP contribution in [-0.2, 0) is 16.1 Å². The van der Waals surface area contributed by atoms with E-state index in [2.05, 4.69) is 20.6 Å². The highest BCUT2D eigenvalue weighted by Crippen LogP contribution is 2.29. The highest BCUT2D eigenvalue weighted by atomic mass is 19.1. The number of ether oxygens (including phenoxy) is 1. The maximum absolute atomic E-state index is 14.3. The van der Waals surface area contributed by atoms with Crippen LogP contribution in [0.2, 0.25) is 0 Å². The van der Waals surface area contributed by atoms with Crippen molar-refractivity contribution in [3.63, 3.8) is 0 Å². The zero-order valence-electron chi connectivity index (χ0n) is 22.1. The van der Waals surface area contributed by atoms with Gasteiger partial charge in [-0.1, -0.05) is 6.07 Å². The molecule has 0 bridgehead atoms. The number of nitrogens with one attached hydrogen (secondary N) is 2. The van der Waals surface area contributed by atoms with Crippen LogP contribution < -0.4 is 15.4 Å². The predicted molar refractivity (Wildman–Crippen MR) is 145 cm³/mol. The molecule has 39 heavy (non-hydrogen) atoms. The number of fused-ring (bicyclic) bond motifs is 1. The van der Waals surface area contributed by atoms with Gasteiger partial charge in [0.15, 0.2) is 23.0 Å². The summed E-state index contributed by atoms with van der Waals surface area (Å²) in [6, 6.07) is 10.8. The van der Waals surface area contributed by atoms with E-state index in [1.54, 1.807) is 35.6 Å². The highest BCUT2D eigenvalue weighted by molar-refractivity contribution is 5.86. The molecule has 0 radical (unpaired) electrons. The Morgan fingerprint density at radius 1 is 1.23 bits per heavy atom. The van der Waals surface area contributed by atoms with Crippen LogP contribution in [0.5, 0.6) is 5.75 Å². The van der Waals surface area contributed by atoms with Gasteiger partial charge in [0.05, 0.1) is 32.1 Å². The number of hydrogen-bond donors (Lipinski definition) is 2. The maximum Gasteiger partial charge on any atom is 0.239 e. The van der Waals surface area contributed by atoms with Crippen molar-refractivity contribution in [2.45, 2.75) is 13.5 Å². The Morgan fingerprint density at radius 2 is 2.08 bits per heavy atom. The molecule has 0 atom stereocenters. The topological polar surface area (TPSA) is 104 Å². The molecule has 11 heteroatoms. The van der Waals surface area contributed by atoms with Crippen LogP contribution >= 0.6 is 0 Å². The summed E-state index contributed by atoms with van der Waals surface area (Å²) in [6.07, 6.45) is 5.14. The van der Waals surface area contributed by atoms with Crippen molar-refractivity contribution in [2.75, 3.05) is 45.7 Å². The SMILES string of the molecule is COc1ccc(-c2cnc3c(Nc4ccc(CN(C)CC(=O)N5CCNC(=O)C5)c(C)c4)nccn23)cc1F. The van der Waals surface area contributed by atoms with Gasteiger partial charge in [-0.05, 0) is 55.4 Å². The van der Waals surface area contributed by atoms with Crippen LogP contribution in [0.1, 0.15) is 11.1 Å². The van der Waals surface area contributed by atoms with Crippen molar-refractivity contribution in [3.8, 4) is 17.0 Å². The Bertz CT molecular complexity index is 1540. The summed E-state index contributed by atoms with van der Waals surface area (Å²) in [4.78, 5) is 36.7. The van der Waals surface area contributed by atoms with Crippen molar-refractivity contribution in [3.05, 3.63) is 71.9 Å². The second-order valence-corrected chi connectivity index (χ2v) is 9.57. The second-order valence-electron chi connectivity index (χ2n) is 9.57. The van der Waals surface area contributed by atoms with Gasteiger partial charge in [-0.15, -0.1) is 0 Å². The molecule has 2 aromatic carbocycles. The summed E-state index contributed by atoms with van der Waals surface area (Å²) < 4.78 is 21.2. The van der Waals surface area contributed by atoms with E-state index in [4.69, 9.17) is 4.74 Å². The summed E-state index contributed by atoms with van der Waals surface area (Å²) in [5, 5.41) is 6.08. The molecule has 2 aromatic heterocycles. The first-order chi connectivity index (χ1) is 18.8. The Balaban J connectivity index is 1.28. The van der Waals surface area contributed by atoms with Crippen molar-refractivity contribution in [1.82, 2.24) is 29.5 Å². The van der Waals surface area contributed by atoms with E-state index in [1.165, 1.54) is 13.2 Å². The van der Waals surface area contributed by atoms with E-state index in [0.29, 0.717) is 36.7 Å². The minimum absolute atomic E-state index is 0.0566. The largest absolute Gasteiger partial charge is 0.494 e. The molecule has 2 N–H and O–H groups in total. The molecule has 0 aliphatic carbocycles. The van der Waals surface area contributed by atoms with E-state index in [9.17, 15) is 14.0 Å². The Labute approximate surface area is 225 Å². The fraction of sp³-hybridized carbons (Fsp3) is 0.286. The molecule has 2 amide bonds. The molecule has 10 nitrogen and oxygen atoms in total. The number of imidazole rings is 1. The van der Waals surface area contributed by atoms with Crippen LogP contribution in [0.3, 0.4) is 0 Å². The number of amides is 2. The van der Waals surface area contributed by atoms with Gasteiger partial charge >= 0.3 is 0 Å². The summed E-state index contributed by atoms with van der Waals surface area (Å²) in [5.74, 6) is 0.130. The molecule has 4 aromatic rings. The summed E-state index contributed by atoms with van der Waals surface area (Å²) >= 11 is 0. The zero-order valence-corrected chi connectivity index (χ0v) is 22.1. The third-order valence-corrected chi connectivity index (χ3v) is 6.72. The van der Waals surface area contributed by atoms with E-state index in [-0.39, 0.29) is 30.7 Å². The molecule has 0 spiro atoms. The van der Waals surface area contributed by atoms with Gasteiger partial charge in [-0.25, -0.2) is 14.4 Å². The van der Waals surface area contributed by atoms with Crippen molar-refractivity contribution >= 4 is 29.0 Å². The van der Waals surface area contributed by atoms with Gasteiger partial charge < -0.3 is 20.3 Å². The first-order valence-corrected chi connectivity index (χ1v) is 12.6. The van der Waals surface area contributed by atoms with Crippen molar-refractivity contribution in [2.24, 2.45) is 0 Å². The third-order valence-electron chi connectivity index (χ3n) is 6.72. The summed E-state index contributed by atoms with van der Waals surface area (Å²) in [7, 11) is 3.32. The summed E-state index contributed by atoms with van der Waals surface area (Å²) in [5.41, 5.74) is 4.99. The smallest absolute Gasteiger partial charge is 0.239 e. The lowest BCUT2D eigenvalue weighted by Gasteiger charge is -2.28. The zero-order chi connectivity index (χ0) is 27.5. The molecule has 1 aliphatic rings. The minimum Gasteiger partial charge on any atom is -0.494 e. The molecular weight excluding hydrogens is 501 g/mol. The Hall–Kier alpha value is -4.51. The fourth-order valence-corrected chi connectivity index (χ4v) is 4.66. The number of carbonyl (C=O) groups excluding carboxylic acids is 2. The van der Waals surface area contributed by atoms with E-state index in [1.807, 2.05) is 41.5 Å². The normalized spacial score (nSPS) is 13.6. The molecule has 0 unspecified atom stereocenters. The number of hydrogen-bond acceptors (Lipinski definition) is 7. The Kier molecular flexibility index (Phi) is 7.42. The van der Waals surface area contributed by atoms with Gasteiger partial charge in [-0.3, -0.25) is 18.9 Å². The average molecular weight is 532 g/mol. The lowest BCUT2D eigenvalue weighted by molar-refractivity contribution is -0.138. The monoisotopic (exact) mass is 531 g/mol. The average Bonchev–Trinajstić information content (AvgIpc) is 3.35. The maximum atomic E-state index is 14.3. The van der Waals surface area contributed by atoms with Crippen molar-refractivity contribution in [1.29, 1.82) is 0 Å². The van der Waals surface area contributed by atoms with Gasteiger partial charge in [0.2, 0.25) is 11.8 Å². The van der Waals surface area contributed by atoms with E-state index >= 15 is 0 Å². The number of benzene rings is 2. The number of aromatic nitrogens is 3. The molecule has 1 saturated heterocycles. The number of aryl methyl sites for hydroxylation is 1. The number of anilines is 2. The number of halogens is 1. The quantitative estimate of drug-likeness (QED) is 0.360. The molecule has 3 heterocycles. The lowest BCUT2D eigenvalue weighted by Crippen LogP contribution is -2.52. The van der Waals surface area contributed by atoms with Crippen molar-refractivity contribution < 1.29 is 18.7 Å². The van der Waals surface area contributed by atoms with Gasteiger partial charge in [0.25, 0.3) is 0 Å². The molecule has 0 saturated carbocycles. The van der Waals surface area contributed by atoms with Crippen LogP contribution in [0, 0.1) is 12.7 Å². The van der Waals surface area contributed by atoms with E-state index in [0.717, 1.165) is 22.5 Å². The van der Waals surface area contributed by atoms with Gasteiger partial charge in [0.1, 0.15) is 0 Å². The van der Waals surface area contributed by atoms with Crippen LogP contribution in [0.4, 0.5) is 15.9 Å². The molecule has 202 valence electrons. The molecule has 1 aliphatic heterocycles. The minimum atomic E-state index is -0.443. The Morgan fingerprint density at radius 3 is 2.82 bits per heavy atom. The number of nitrogens with zero attached hydrogens (tertiary/aromatic N) is 5. The first-order valence-electron chi connectivity index (χ1n) is 12.6. The van der Waals surface area contributed by atoms with E-state index < -0.39 is 5.82 Å². The highest BCUT2D eigenvalue weighted by Gasteiger charge is 2.22. The van der Waals surface area contributed by atoms with Crippen LogP contribution in [-0.4, -0.2) is 76.3 Å². The second kappa shape index (κ2) is 11.1. The molecule has 1 fully saturated rings. The fourth-order valence-electron chi connectivity index (χ4n) is 4.66. The number of piperazine rings is 1. The number of rotatable bonds is 8. The number of methoxy groups -OCH3 is 1. The van der Waals surface area contributed by atoms with Crippen LogP contribution in [0.25, 0.3) is 16.9 Å².